The Labute approximate surface area is 191 Å². The lowest BCUT2D eigenvalue weighted by molar-refractivity contribution is 0.164. The summed E-state index contributed by atoms with van der Waals surface area (Å²) < 4.78 is 26.9. The summed E-state index contributed by atoms with van der Waals surface area (Å²) in [5, 5.41) is 0. The van der Waals surface area contributed by atoms with Crippen LogP contribution in [0.15, 0.2) is 41.5 Å². The maximum absolute atomic E-state index is 14.3. The van der Waals surface area contributed by atoms with E-state index in [1.807, 2.05) is 0 Å². The molecule has 33 heavy (non-hydrogen) atoms. The second-order valence-corrected chi connectivity index (χ2v) is 8.35. The maximum Gasteiger partial charge on any atom is 0.255 e. The van der Waals surface area contributed by atoms with E-state index in [0.29, 0.717) is 23.9 Å². The topological polar surface area (TPSA) is 72.7 Å². The van der Waals surface area contributed by atoms with Crippen molar-refractivity contribution in [3.63, 3.8) is 0 Å². The number of benzene rings is 1. The Morgan fingerprint density at radius 2 is 1.88 bits per heavy atom. The van der Waals surface area contributed by atoms with Crippen LogP contribution in [-0.2, 0) is 13.5 Å². The summed E-state index contributed by atoms with van der Waals surface area (Å²) in [6.07, 6.45) is 3.57. The SMILES string of the molecule is COc1cc2c(cc1OC)C1CN(c3nc(-c4ccncc4F)cc(=O)n3C)CCN1CC2. The predicted molar refractivity (Wildman–Crippen MR) is 122 cm³/mol. The van der Waals surface area contributed by atoms with E-state index in [-0.39, 0.29) is 17.2 Å². The molecular formula is C24H26FN5O3. The van der Waals surface area contributed by atoms with Crippen LogP contribution in [0.25, 0.3) is 11.3 Å². The van der Waals surface area contributed by atoms with Crippen LogP contribution >= 0.6 is 0 Å². The lowest BCUT2D eigenvalue weighted by Crippen LogP contribution is -2.52. The molecule has 2 aliphatic heterocycles. The van der Waals surface area contributed by atoms with Crippen molar-refractivity contribution >= 4 is 5.95 Å². The number of anilines is 1. The van der Waals surface area contributed by atoms with E-state index in [9.17, 15) is 9.18 Å². The summed E-state index contributed by atoms with van der Waals surface area (Å²) >= 11 is 0. The molecule has 4 heterocycles. The molecule has 1 unspecified atom stereocenters. The number of hydrogen-bond donors (Lipinski definition) is 0. The van der Waals surface area contributed by atoms with Crippen molar-refractivity contribution in [2.24, 2.45) is 7.05 Å². The van der Waals surface area contributed by atoms with Crippen molar-refractivity contribution in [3.05, 3.63) is 64.0 Å². The monoisotopic (exact) mass is 451 g/mol. The molecule has 0 bridgehead atoms. The van der Waals surface area contributed by atoms with Crippen molar-refractivity contribution in [1.29, 1.82) is 0 Å². The van der Waals surface area contributed by atoms with Gasteiger partial charge in [-0.05, 0) is 35.7 Å². The van der Waals surface area contributed by atoms with Gasteiger partial charge in [0.2, 0.25) is 5.95 Å². The minimum absolute atomic E-state index is 0.125. The van der Waals surface area contributed by atoms with E-state index in [0.717, 1.165) is 38.0 Å². The summed E-state index contributed by atoms with van der Waals surface area (Å²) in [7, 11) is 4.99. The van der Waals surface area contributed by atoms with Gasteiger partial charge < -0.3 is 14.4 Å². The van der Waals surface area contributed by atoms with Crippen LogP contribution in [0.1, 0.15) is 17.2 Å². The van der Waals surface area contributed by atoms with Gasteiger partial charge in [0.1, 0.15) is 0 Å². The second kappa shape index (κ2) is 8.47. The predicted octanol–water partition coefficient (Wildman–Crippen LogP) is 2.42. The number of piperazine rings is 1. The van der Waals surface area contributed by atoms with Crippen LogP contribution in [0, 0.1) is 5.82 Å². The molecule has 2 aromatic heterocycles. The summed E-state index contributed by atoms with van der Waals surface area (Å²) in [5.41, 5.74) is 2.78. The molecule has 0 spiro atoms. The molecule has 2 aliphatic rings. The van der Waals surface area contributed by atoms with Gasteiger partial charge in [0.15, 0.2) is 17.3 Å². The number of aromatic nitrogens is 3. The van der Waals surface area contributed by atoms with Crippen molar-refractivity contribution < 1.29 is 13.9 Å². The Balaban J connectivity index is 1.53. The molecular weight excluding hydrogens is 425 g/mol. The second-order valence-electron chi connectivity index (χ2n) is 8.35. The quantitative estimate of drug-likeness (QED) is 0.603. The van der Waals surface area contributed by atoms with Gasteiger partial charge in [-0.25, -0.2) is 9.37 Å². The normalized spacial score (nSPS) is 17.9. The Bertz CT molecular complexity index is 1260. The number of halogens is 1. The minimum atomic E-state index is -0.503. The van der Waals surface area contributed by atoms with Gasteiger partial charge >= 0.3 is 0 Å². The van der Waals surface area contributed by atoms with E-state index in [1.54, 1.807) is 21.3 Å². The van der Waals surface area contributed by atoms with Gasteiger partial charge in [-0.2, -0.15) is 0 Å². The standard InChI is InChI=1S/C24H26FN5O3/c1-28-23(31)12-19(16-4-6-26-13-18(16)25)27-24(28)30-9-8-29-7-5-15-10-21(32-2)22(33-3)11-17(15)20(29)14-30/h4,6,10-13,20H,5,7-9,14H2,1-3H3. The molecule has 1 aromatic carbocycles. The Kier molecular flexibility index (Phi) is 5.49. The maximum atomic E-state index is 14.3. The van der Waals surface area contributed by atoms with Crippen molar-refractivity contribution in [2.75, 3.05) is 45.3 Å². The number of methoxy groups -OCH3 is 2. The first kappa shape index (κ1) is 21.4. The zero-order valence-electron chi connectivity index (χ0n) is 18.9. The number of hydrogen-bond acceptors (Lipinski definition) is 7. The van der Waals surface area contributed by atoms with Crippen LogP contribution < -0.4 is 19.9 Å². The molecule has 3 aromatic rings. The first-order valence-corrected chi connectivity index (χ1v) is 10.9. The van der Waals surface area contributed by atoms with E-state index in [4.69, 9.17) is 14.5 Å². The average molecular weight is 452 g/mol. The fourth-order valence-corrected chi connectivity index (χ4v) is 4.82. The average Bonchev–Trinajstić information content (AvgIpc) is 2.84. The molecule has 0 radical (unpaired) electrons. The van der Waals surface area contributed by atoms with E-state index in [1.165, 1.54) is 34.0 Å². The van der Waals surface area contributed by atoms with Gasteiger partial charge in [0.25, 0.3) is 5.56 Å². The van der Waals surface area contributed by atoms with Crippen LogP contribution in [0.5, 0.6) is 11.5 Å². The number of pyridine rings is 1. The number of fused-ring (bicyclic) bond motifs is 3. The van der Waals surface area contributed by atoms with Crippen molar-refractivity contribution in [3.8, 4) is 22.8 Å². The zero-order chi connectivity index (χ0) is 23.1. The largest absolute Gasteiger partial charge is 0.493 e. The van der Waals surface area contributed by atoms with Gasteiger partial charge in [0, 0.05) is 51.1 Å². The first-order chi connectivity index (χ1) is 16.0. The molecule has 8 nitrogen and oxygen atoms in total. The van der Waals surface area contributed by atoms with E-state index in [2.05, 4.69) is 26.9 Å². The smallest absolute Gasteiger partial charge is 0.255 e. The Hall–Kier alpha value is -3.46. The minimum Gasteiger partial charge on any atom is -0.493 e. The molecule has 1 atom stereocenters. The molecule has 0 saturated carbocycles. The third-order valence-electron chi connectivity index (χ3n) is 6.61. The highest BCUT2D eigenvalue weighted by atomic mass is 19.1. The van der Waals surface area contributed by atoms with Crippen LogP contribution in [0.4, 0.5) is 10.3 Å². The van der Waals surface area contributed by atoms with Crippen LogP contribution in [-0.4, -0.2) is 59.8 Å². The molecule has 1 saturated heterocycles. The Morgan fingerprint density at radius 1 is 1.09 bits per heavy atom. The first-order valence-electron chi connectivity index (χ1n) is 10.9. The summed E-state index contributed by atoms with van der Waals surface area (Å²) in [4.78, 5) is 25.8. The summed E-state index contributed by atoms with van der Waals surface area (Å²) in [5.74, 6) is 1.46. The molecule has 172 valence electrons. The highest BCUT2D eigenvalue weighted by Gasteiger charge is 2.35. The van der Waals surface area contributed by atoms with Gasteiger partial charge in [-0.15, -0.1) is 0 Å². The molecule has 0 aliphatic carbocycles. The van der Waals surface area contributed by atoms with Crippen molar-refractivity contribution in [1.82, 2.24) is 19.4 Å². The zero-order valence-corrected chi connectivity index (χ0v) is 18.9. The third kappa shape index (κ3) is 3.72. The highest BCUT2D eigenvalue weighted by Crippen LogP contribution is 2.40. The third-order valence-corrected chi connectivity index (χ3v) is 6.61. The van der Waals surface area contributed by atoms with Crippen molar-refractivity contribution in [2.45, 2.75) is 12.5 Å². The number of nitrogens with zero attached hydrogens (tertiary/aromatic N) is 5. The lowest BCUT2D eigenvalue weighted by atomic mass is 9.90. The number of ether oxygens (including phenoxy) is 2. The van der Waals surface area contributed by atoms with Gasteiger partial charge in [-0.1, -0.05) is 0 Å². The molecule has 0 amide bonds. The fourth-order valence-electron chi connectivity index (χ4n) is 4.82. The lowest BCUT2D eigenvalue weighted by Gasteiger charge is -2.45. The number of rotatable bonds is 4. The van der Waals surface area contributed by atoms with E-state index < -0.39 is 5.82 Å². The van der Waals surface area contributed by atoms with Crippen LogP contribution in [0.3, 0.4) is 0 Å². The molecule has 1 fully saturated rings. The van der Waals surface area contributed by atoms with Gasteiger partial charge in [0.05, 0.1) is 32.2 Å². The summed E-state index contributed by atoms with van der Waals surface area (Å²) in [6, 6.07) is 7.15. The van der Waals surface area contributed by atoms with E-state index >= 15 is 0 Å². The molecule has 5 rings (SSSR count). The fraction of sp³-hybridized carbons (Fsp3) is 0.375. The Morgan fingerprint density at radius 3 is 2.64 bits per heavy atom. The van der Waals surface area contributed by atoms with Gasteiger partial charge in [-0.3, -0.25) is 19.2 Å². The highest BCUT2D eigenvalue weighted by molar-refractivity contribution is 5.60. The summed E-state index contributed by atoms with van der Waals surface area (Å²) in [6.45, 7) is 3.17. The molecule has 9 heteroatoms. The van der Waals surface area contributed by atoms with Crippen LogP contribution in [0.2, 0.25) is 0 Å². The molecule has 0 N–H and O–H groups in total.